The number of anilines is 3. The number of aromatic nitrogens is 2. The molecule has 0 amide bonds. The van der Waals surface area contributed by atoms with Crippen molar-refractivity contribution in [1.82, 2.24) is 9.97 Å². The second-order valence-electron chi connectivity index (χ2n) is 6.95. The van der Waals surface area contributed by atoms with Gasteiger partial charge in [-0.25, -0.2) is 4.98 Å². The van der Waals surface area contributed by atoms with Crippen molar-refractivity contribution in [3.05, 3.63) is 41.0 Å². The molecule has 0 atom stereocenters. The van der Waals surface area contributed by atoms with Gasteiger partial charge in [-0.05, 0) is 55.7 Å². The maximum absolute atomic E-state index is 6.18. The second-order valence-corrected chi connectivity index (χ2v) is 7.35. The van der Waals surface area contributed by atoms with E-state index in [2.05, 4.69) is 20.6 Å². The zero-order valence-electron chi connectivity index (χ0n) is 14.9. The van der Waals surface area contributed by atoms with E-state index < -0.39 is 0 Å². The molecule has 0 radical (unpaired) electrons. The molecule has 0 saturated heterocycles. The summed E-state index contributed by atoms with van der Waals surface area (Å²) in [5, 5.41) is 7.32. The minimum Gasteiger partial charge on any atom is -0.394 e. The van der Waals surface area contributed by atoms with Crippen LogP contribution in [0, 0.1) is 11.8 Å². The Balaban J connectivity index is 1.55. The highest BCUT2D eigenvalue weighted by molar-refractivity contribution is 6.31. The van der Waals surface area contributed by atoms with Crippen LogP contribution in [-0.2, 0) is 6.54 Å². The second kappa shape index (κ2) is 9.05. The van der Waals surface area contributed by atoms with Crippen LogP contribution in [0.25, 0.3) is 0 Å². The molecule has 1 saturated carbocycles. The first-order chi connectivity index (χ1) is 12.7. The molecule has 2 aromatic rings. The van der Waals surface area contributed by atoms with Crippen LogP contribution in [0.1, 0.15) is 31.2 Å². The summed E-state index contributed by atoms with van der Waals surface area (Å²) in [6.07, 6.45) is 6.48. The number of halogens is 1. The molecule has 1 aliphatic rings. The summed E-state index contributed by atoms with van der Waals surface area (Å²) < 4.78 is 0. The van der Waals surface area contributed by atoms with Crippen LogP contribution >= 0.6 is 11.6 Å². The van der Waals surface area contributed by atoms with Gasteiger partial charge in [0.15, 0.2) is 5.82 Å². The molecule has 0 spiro atoms. The third-order valence-corrected chi connectivity index (χ3v) is 5.44. The monoisotopic (exact) mass is 374 g/mol. The fraction of sp³-hybridized carbons (Fsp3) is 0.474. The third kappa shape index (κ3) is 4.99. The summed E-state index contributed by atoms with van der Waals surface area (Å²) in [6, 6.07) is 7.71. The Morgan fingerprint density at radius 1 is 1.08 bits per heavy atom. The van der Waals surface area contributed by atoms with Gasteiger partial charge in [0.25, 0.3) is 0 Å². The lowest BCUT2D eigenvalue weighted by atomic mass is 9.82. The lowest BCUT2D eigenvalue weighted by molar-refractivity contribution is 0.289. The van der Waals surface area contributed by atoms with Crippen molar-refractivity contribution in [1.29, 1.82) is 0 Å². The van der Waals surface area contributed by atoms with Crippen molar-refractivity contribution in [2.45, 2.75) is 32.2 Å². The van der Waals surface area contributed by atoms with Gasteiger partial charge < -0.3 is 22.1 Å². The number of hydrogen-bond acceptors (Lipinski definition) is 6. The summed E-state index contributed by atoms with van der Waals surface area (Å²) in [5.74, 6) is 2.55. The first kappa shape index (κ1) is 18.7. The van der Waals surface area contributed by atoms with Gasteiger partial charge in [0.05, 0.1) is 11.9 Å². The highest BCUT2D eigenvalue weighted by Gasteiger charge is 2.20. The number of nitrogens with two attached hydrogens (primary N) is 2. The molecule has 1 aromatic heterocycles. The summed E-state index contributed by atoms with van der Waals surface area (Å²) in [7, 11) is 0. The van der Waals surface area contributed by atoms with Crippen molar-refractivity contribution in [3.8, 4) is 0 Å². The summed E-state index contributed by atoms with van der Waals surface area (Å²) in [4.78, 5) is 8.77. The van der Waals surface area contributed by atoms with E-state index in [9.17, 15) is 0 Å². The molecule has 1 fully saturated rings. The molecular formula is C19H27ClN6. The molecule has 6 N–H and O–H groups in total. The van der Waals surface area contributed by atoms with Crippen molar-refractivity contribution in [2.24, 2.45) is 17.6 Å². The molecule has 1 aliphatic carbocycles. The topological polar surface area (TPSA) is 102 Å². The Morgan fingerprint density at radius 3 is 2.54 bits per heavy atom. The fourth-order valence-corrected chi connectivity index (χ4v) is 3.55. The van der Waals surface area contributed by atoms with Crippen molar-refractivity contribution in [2.75, 3.05) is 29.5 Å². The smallest absolute Gasteiger partial charge is 0.225 e. The minimum atomic E-state index is 0.536. The van der Waals surface area contributed by atoms with E-state index >= 15 is 0 Å². The normalized spacial score (nSPS) is 19.9. The average molecular weight is 375 g/mol. The standard InChI is InChI=1S/C19H27ClN6/c20-16-4-2-1-3-15(16)11-24-19-25-12-17(22)18(26-19)23-10-14-7-5-13(9-21)6-8-14/h1-4,12-14H,5-11,21-22H2,(H2,23,24,25,26). The molecule has 6 nitrogen and oxygen atoms in total. The van der Waals surface area contributed by atoms with E-state index in [1.807, 2.05) is 24.3 Å². The molecule has 140 valence electrons. The number of benzene rings is 1. The van der Waals surface area contributed by atoms with E-state index in [1.54, 1.807) is 6.20 Å². The SMILES string of the molecule is NCC1CCC(CNc2nc(NCc3ccccc3Cl)ncc2N)CC1. The van der Waals surface area contributed by atoms with Gasteiger partial charge in [-0.15, -0.1) is 0 Å². The number of rotatable bonds is 7. The van der Waals surface area contributed by atoms with E-state index in [1.165, 1.54) is 25.7 Å². The van der Waals surface area contributed by atoms with Gasteiger partial charge >= 0.3 is 0 Å². The van der Waals surface area contributed by atoms with E-state index in [0.717, 1.165) is 23.7 Å². The van der Waals surface area contributed by atoms with Crippen LogP contribution in [0.5, 0.6) is 0 Å². The highest BCUT2D eigenvalue weighted by atomic mass is 35.5. The Labute approximate surface area is 159 Å². The Kier molecular flexibility index (Phi) is 6.52. The van der Waals surface area contributed by atoms with Crippen LogP contribution in [-0.4, -0.2) is 23.1 Å². The first-order valence-electron chi connectivity index (χ1n) is 9.19. The lowest BCUT2D eigenvalue weighted by Gasteiger charge is -2.28. The van der Waals surface area contributed by atoms with Crippen molar-refractivity contribution in [3.63, 3.8) is 0 Å². The summed E-state index contributed by atoms with van der Waals surface area (Å²) >= 11 is 6.18. The molecule has 1 aromatic carbocycles. The van der Waals surface area contributed by atoms with Crippen molar-refractivity contribution >= 4 is 29.1 Å². The maximum atomic E-state index is 6.18. The lowest BCUT2D eigenvalue weighted by Crippen LogP contribution is -2.25. The fourth-order valence-electron chi connectivity index (χ4n) is 3.35. The van der Waals surface area contributed by atoms with Crippen LogP contribution in [0.4, 0.5) is 17.5 Å². The Hall–Kier alpha value is -2.05. The zero-order chi connectivity index (χ0) is 18.4. The predicted octanol–water partition coefficient (Wildman–Crippen LogP) is 3.50. The molecule has 3 rings (SSSR count). The zero-order valence-corrected chi connectivity index (χ0v) is 15.7. The Bertz CT molecular complexity index is 715. The average Bonchev–Trinajstić information content (AvgIpc) is 2.68. The molecule has 0 aliphatic heterocycles. The quantitative estimate of drug-likeness (QED) is 0.591. The minimum absolute atomic E-state index is 0.536. The van der Waals surface area contributed by atoms with Gasteiger partial charge in [0.1, 0.15) is 0 Å². The first-order valence-corrected chi connectivity index (χ1v) is 9.57. The largest absolute Gasteiger partial charge is 0.394 e. The summed E-state index contributed by atoms with van der Waals surface area (Å²) in [6.45, 7) is 2.24. The van der Waals surface area contributed by atoms with E-state index in [0.29, 0.717) is 35.8 Å². The molecule has 7 heteroatoms. The number of nitrogens with one attached hydrogen (secondary N) is 2. The van der Waals surface area contributed by atoms with E-state index in [-0.39, 0.29) is 0 Å². The predicted molar refractivity (Wildman–Crippen MR) is 108 cm³/mol. The van der Waals surface area contributed by atoms with Gasteiger partial charge in [-0.3, -0.25) is 0 Å². The molecule has 26 heavy (non-hydrogen) atoms. The molecule has 0 unspecified atom stereocenters. The van der Waals surface area contributed by atoms with Crippen LogP contribution in [0.15, 0.2) is 30.5 Å². The third-order valence-electron chi connectivity index (χ3n) is 5.07. The summed E-state index contributed by atoms with van der Waals surface area (Å²) in [5.41, 5.74) is 13.4. The number of nitrogen functional groups attached to an aromatic ring is 1. The maximum Gasteiger partial charge on any atom is 0.225 e. The number of nitrogens with zero attached hydrogens (tertiary/aromatic N) is 2. The highest BCUT2D eigenvalue weighted by Crippen LogP contribution is 2.28. The van der Waals surface area contributed by atoms with Crippen LogP contribution in [0.3, 0.4) is 0 Å². The van der Waals surface area contributed by atoms with Gasteiger partial charge in [-0.2, -0.15) is 4.98 Å². The van der Waals surface area contributed by atoms with Crippen LogP contribution < -0.4 is 22.1 Å². The molecule has 1 heterocycles. The van der Waals surface area contributed by atoms with Gasteiger partial charge in [0.2, 0.25) is 5.95 Å². The van der Waals surface area contributed by atoms with Crippen LogP contribution in [0.2, 0.25) is 5.02 Å². The Morgan fingerprint density at radius 2 is 1.81 bits per heavy atom. The molecular weight excluding hydrogens is 348 g/mol. The molecule has 0 bridgehead atoms. The van der Waals surface area contributed by atoms with Crippen molar-refractivity contribution < 1.29 is 0 Å². The van der Waals surface area contributed by atoms with Gasteiger partial charge in [0, 0.05) is 18.1 Å². The number of hydrogen-bond donors (Lipinski definition) is 4. The van der Waals surface area contributed by atoms with Gasteiger partial charge in [-0.1, -0.05) is 29.8 Å². The van der Waals surface area contributed by atoms with E-state index in [4.69, 9.17) is 23.1 Å².